The number of aliphatic carboxylic acids is 1. The van der Waals surface area contributed by atoms with Crippen molar-refractivity contribution in [1.29, 1.82) is 0 Å². The molecule has 0 bridgehead atoms. The Morgan fingerprint density at radius 3 is 3.09 bits per heavy atom. The summed E-state index contributed by atoms with van der Waals surface area (Å²) in [7, 11) is 0. The zero-order valence-electron chi connectivity index (χ0n) is 5.70. The molecule has 0 unspecified atom stereocenters. The predicted molar refractivity (Wildman–Crippen MR) is 37.8 cm³/mol. The van der Waals surface area contributed by atoms with Crippen molar-refractivity contribution in [3.8, 4) is 0 Å². The van der Waals surface area contributed by atoms with Gasteiger partial charge in [-0.2, -0.15) is 0 Å². The first-order valence-corrected chi connectivity index (χ1v) is 3.28. The van der Waals surface area contributed by atoms with Crippen LogP contribution in [-0.4, -0.2) is 17.7 Å². The third kappa shape index (κ3) is 0.941. The fourth-order valence-corrected chi connectivity index (χ4v) is 1.08. The van der Waals surface area contributed by atoms with E-state index >= 15 is 0 Å². The van der Waals surface area contributed by atoms with E-state index in [1.54, 1.807) is 0 Å². The minimum absolute atomic E-state index is 0.551. The molecule has 2 aliphatic rings. The van der Waals surface area contributed by atoms with Crippen molar-refractivity contribution in [2.75, 3.05) is 6.61 Å². The van der Waals surface area contributed by atoms with E-state index < -0.39 is 5.97 Å². The van der Waals surface area contributed by atoms with Crippen LogP contribution in [0.15, 0.2) is 35.1 Å². The first-order chi connectivity index (χ1) is 5.29. The molecule has 0 aromatic rings. The molecule has 1 aliphatic heterocycles. The highest BCUT2D eigenvalue weighted by atomic mass is 16.5. The molecule has 11 heavy (non-hydrogen) atoms. The van der Waals surface area contributed by atoms with Crippen LogP contribution in [0.25, 0.3) is 0 Å². The molecule has 1 aliphatic carbocycles. The lowest BCUT2D eigenvalue weighted by Crippen LogP contribution is -1.87. The second-order valence-electron chi connectivity index (χ2n) is 2.35. The highest BCUT2D eigenvalue weighted by molar-refractivity contribution is 5.87. The Bertz CT molecular complexity index is 307. The van der Waals surface area contributed by atoms with Gasteiger partial charge in [0.05, 0.1) is 0 Å². The third-order valence-corrected chi connectivity index (χ3v) is 1.59. The molecule has 3 heteroatoms. The summed E-state index contributed by atoms with van der Waals surface area (Å²) in [5.74, 6) is -0.179. The molecule has 1 N–H and O–H groups in total. The maximum absolute atomic E-state index is 10.2. The summed E-state index contributed by atoms with van der Waals surface area (Å²) < 4.78 is 5.13. The van der Waals surface area contributed by atoms with Gasteiger partial charge in [0.1, 0.15) is 12.4 Å². The van der Waals surface area contributed by atoms with Crippen LogP contribution in [0.4, 0.5) is 0 Å². The number of allylic oxidation sites excluding steroid dienone is 3. The van der Waals surface area contributed by atoms with E-state index in [0.717, 1.165) is 16.9 Å². The van der Waals surface area contributed by atoms with Gasteiger partial charge < -0.3 is 9.84 Å². The molecular formula is C8H6O3. The van der Waals surface area contributed by atoms with E-state index in [4.69, 9.17) is 9.84 Å². The number of ether oxygens (including phenoxy) is 1. The number of carbonyl (C=O) groups is 1. The fraction of sp³-hybridized carbons (Fsp3) is 0.125. The van der Waals surface area contributed by atoms with Crippen LogP contribution in [0, 0.1) is 0 Å². The molecule has 0 saturated carbocycles. The Morgan fingerprint density at radius 2 is 2.55 bits per heavy atom. The Balaban J connectivity index is 2.18. The van der Waals surface area contributed by atoms with Crippen LogP contribution in [0.5, 0.6) is 0 Å². The first-order valence-electron chi connectivity index (χ1n) is 3.28. The van der Waals surface area contributed by atoms with Crippen molar-refractivity contribution < 1.29 is 14.6 Å². The van der Waals surface area contributed by atoms with Crippen molar-refractivity contribution >= 4 is 5.97 Å². The minimum atomic E-state index is -0.925. The van der Waals surface area contributed by atoms with E-state index in [-0.39, 0.29) is 0 Å². The first kappa shape index (κ1) is 6.22. The number of hydrogen-bond donors (Lipinski definition) is 1. The summed E-state index contributed by atoms with van der Waals surface area (Å²) in [4.78, 5) is 10.2. The van der Waals surface area contributed by atoms with Gasteiger partial charge in [-0.25, -0.2) is 4.79 Å². The zero-order chi connectivity index (χ0) is 7.84. The summed E-state index contributed by atoms with van der Waals surface area (Å²) in [6.07, 6.45) is 4.91. The zero-order valence-corrected chi connectivity index (χ0v) is 5.70. The molecule has 0 spiro atoms. The maximum atomic E-state index is 10.2. The standard InChI is InChI=1S/C8H6O3/c9-7(10)4-6-5-2-1-3-11-8(5)6/h1-2,4H,3H2,(H,9,10). The monoisotopic (exact) mass is 150 g/mol. The summed E-state index contributed by atoms with van der Waals surface area (Å²) in [6, 6.07) is 0. The molecule has 0 aromatic carbocycles. The molecule has 3 nitrogen and oxygen atoms in total. The van der Waals surface area contributed by atoms with E-state index in [2.05, 4.69) is 0 Å². The van der Waals surface area contributed by atoms with Gasteiger partial charge in [0, 0.05) is 17.2 Å². The lowest BCUT2D eigenvalue weighted by Gasteiger charge is -1.94. The van der Waals surface area contributed by atoms with Crippen molar-refractivity contribution in [2.45, 2.75) is 0 Å². The molecule has 2 rings (SSSR count). The summed E-state index contributed by atoms with van der Waals surface area (Å²) in [5.41, 5.74) is 1.66. The van der Waals surface area contributed by atoms with Gasteiger partial charge >= 0.3 is 5.97 Å². The van der Waals surface area contributed by atoms with Gasteiger partial charge in [-0.1, -0.05) is 6.08 Å². The third-order valence-electron chi connectivity index (χ3n) is 1.59. The Kier molecular flexibility index (Phi) is 1.12. The van der Waals surface area contributed by atoms with E-state index in [0.29, 0.717) is 6.61 Å². The number of carboxylic acid groups (broad SMARTS) is 1. The van der Waals surface area contributed by atoms with Crippen LogP contribution in [0.1, 0.15) is 0 Å². The van der Waals surface area contributed by atoms with Crippen LogP contribution < -0.4 is 0 Å². The number of hydrogen-bond acceptors (Lipinski definition) is 2. The Labute approximate surface area is 63.3 Å². The lowest BCUT2D eigenvalue weighted by atomic mass is 10.3. The molecule has 0 atom stereocenters. The average molecular weight is 150 g/mol. The predicted octanol–water partition coefficient (Wildman–Crippen LogP) is 0.852. The number of carboxylic acids is 1. The highest BCUT2D eigenvalue weighted by Gasteiger charge is 2.32. The van der Waals surface area contributed by atoms with Gasteiger partial charge in [0.2, 0.25) is 0 Å². The molecular weight excluding hydrogens is 144 g/mol. The second-order valence-corrected chi connectivity index (χ2v) is 2.35. The van der Waals surface area contributed by atoms with Gasteiger partial charge in [-0.15, -0.1) is 0 Å². The van der Waals surface area contributed by atoms with Crippen LogP contribution in [-0.2, 0) is 9.53 Å². The molecule has 0 fully saturated rings. The van der Waals surface area contributed by atoms with Crippen molar-refractivity contribution in [2.24, 2.45) is 0 Å². The quantitative estimate of drug-likeness (QED) is 0.563. The van der Waals surface area contributed by atoms with Crippen LogP contribution >= 0.6 is 0 Å². The Hall–Kier alpha value is -1.51. The SMILES string of the molecule is O=C(O)C=C1C2=C1OCC=C2. The fourth-order valence-electron chi connectivity index (χ4n) is 1.08. The Morgan fingerprint density at radius 1 is 1.73 bits per heavy atom. The molecule has 56 valence electrons. The van der Waals surface area contributed by atoms with Crippen molar-refractivity contribution in [3.05, 3.63) is 35.1 Å². The lowest BCUT2D eigenvalue weighted by molar-refractivity contribution is -0.131. The molecule has 0 saturated heterocycles. The van der Waals surface area contributed by atoms with E-state index in [1.807, 2.05) is 12.2 Å². The normalized spacial score (nSPS) is 23.1. The summed E-state index contributed by atoms with van der Waals surface area (Å²) in [5, 5.41) is 8.39. The molecule has 0 amide bonds. The summed E-state index contributed by atoms with van der Waals surface area (Å²) in [6.45, 7) is 0.551. The largest absolute Gasteiger partial charge is 0.488 e. The molecule has 1 heterocycles. The highest BCUT2D eigenvalue weighted by Crippen LogP contribution is 2.42. The minimum Gasteiger partial charge on any atom is -0.488 e. The van der Waals surface area contributed by atoms with Gasteiger partial charge in [-0.3, -0.25) is 0 Å². The average Bonchev–Trinajstić information content (AvgIpc) is 2.64. The van der Waals surface area contributed by atoms with Crippen LogP contribution in [0.3, 0.4) is 0 Å². The second kappa shape index (κ2) is 1.99. The topological polar surface area (TPSA) is 46.5 Å². The van der Waals surface area contributed by atoms with Crippen molar-refractivity contribution in [1.82, 2.24) is 0 Å². The molecule has 0 aromatic heterocycles. The summed E-state index contributed by atoms with van der Waals surface area (Å²) >= 11 is 0. The van der Waals surface area contributed by atoms with Gasteiger partial charge in [0.25, 0.3) is 0 Å². The molecule has 0 radical (unpaired) electrons. The van der Waals surface area contributed by atoms with Gasteiger partial charge in [0.15, 0.2) is 0 Å². The van der Waals surface area contributed by atoms with Gasteiger partial charge in [-0.05, 0) is 6.08 Å². The van der Waals surface area contributed by atoms with E-state index in [1.165, 1.54) is 6.08 Å². The smallest absolute Gasteiger partial charge is 0.329 e. The van der Waals surface area contributed by atoms with Crippen molar-refractivity contribution in [3.63, 3.8) is 0 Å². The maximum Gasteiger partial charge on any atom is 0.329 e. The number of rotatable bonds is 1. The van der Waals surface area contributed by atoms with Crippen LogP contribution in [0.2, 0.25) is 0 Å². The van der Waals surface area contributed by atoms with E-state index in [9.17, 15) is 4.79 Å².